The van der Waals surface area contributed by atoms with Crippen molar-refractivity contribution in [2.75, 3.05) is 7.11 Å². The largest absolute Gasteiger partial charge is 0.494 e. The number of thiophene rings is 1. The molecule has 0 aliphatic heterocycles. The number of nitrogens with one attached hydrogen (secondary N) is 1. The van der Waals surface area contributed by atoms with E-state index in [0.29, 0.717) is 6.54 Å². The molecule has 0 aliphatic rings. The van der Waals surface area contributed by atoms with Gasteiger partial charge in [-0.3, -0.25) is 4.79 Å². The Kier molecular flexibility index (Phi) is 3.94. The zero-order chi connectivity index (χ0) is 13.0. The van der Waals surface area contributed by atoms with Crippen molar-refractivity contribution in [2.45, 2.75) is 6.54 Å². The van der Waals surface area contributed by atoms with Gasteiger partial charge in [-0.25, -0.2) is 4.39 Å². The van der Waals surface area contributed by atoms with E-state index in [1.165, 1.54) is 25.3 Å². The van der Waals surface area contributed by atoms with Crippen LogP contribution in [-0.2, 0) is 6.54 Å². The minimum Gasteiger partial charge on any atom is -0.494 e. The molecule has 2 rings (SSSR count). The van der Waals surface area contributed by atoms with E-state index < -0.39 is 5.82 Å². The van der Waals surface area contributed by atoms with E-state index in [2.05, 4.69) is 5.32 Å². The fourth-order valence-electron chi connectivity index (χ4n) is 1.49. The van der Waals surface area contributed by atoms with Crippen molar-refractivity contribution in [2.24, 2.45) is 0 Å². The molecule has 5 heteroatoms. The Morgan fingerprint density at radius 2 is 2.28 bits per heavy atom. The van der Waals surface area contributed by atoms with E-state index >= 15 is 0 Å². The molecule has 0 spiro atoms. The van der Waals surface area contributed by atoms with Crippen LogP contribution >= 0.6 is 11.3 Å². The lowest BCUT2D eigenvalue weighted by Crippen LogP contribution is -2.22. The fourth-order valence-corrected chi connectivity index (χ4v) is 2.15. The van der Waals surface area contributed by atoms with Crippen molar-refractivity contribution < 1.29 is 13.9 Å². The van der Waals surface area contributed by atoms with Crippen LogP contribution in [0, 0.1) is 5.82 Å². The highest BCUT2D eigenvalue weighted by molar-refractivity contribution is 7.07. The average Bonchev–Trinajstić information content (AvgIpc) is 2.89. The van der Waals surface area contributed by atoms with Crippen LogP contribution in [0.15, 0.2) is 35.0 Å². The Morgan fingerprint density at radius 1 is 1.44 bits per heavy atom. The van der Waals surface area contributed by atoms with Crippen molar-refractivity contribution >= 4 is 17.2 Å². The van der Waals surface area contributed by atoms with Crippen LogP contribution in [0.2, 0.25) is 0 Å². The number of hydrogen-bond donors (Lipinski definition) is 1. The Balaban J connectivity index is 2.02. The lowest BCUT2D eigenvalue weighted by atomic mass is 10.2. The predicted octanol–water partition coefficient (Wildman–Crippen LogP) is 2.83. The maximum Gasteiger partial charge on any atom is 0.251 e. The molecule has 0 unspecified atom stereocenters. The first-order valence-electron chi connectivity index (χ1n) is 5.33. The van der Waals surface area contributed by atoms with Gasteiger partial charge in [0.25, 0.3) is 5.91 Å². The van der Waals surface area contributed by atoms with Crippen molar-refractivity contribution in [3.8, 4) is 5.75 Å². The molecule has 1 aromatic heterocycles. The number of methoxy groups -OCH3 is 1. The van der Waals surface area contributed by atoms with E-state index in [1.807, 2.05) is 16.8 Å². The monoisotopic (exact) mass is 265 g/mol. The van der Waals surface area contributed by atoms with Gasteiger partial charge in [-0.05, 0) is 40.6 Å². The molecule has 2 aromatic rings. The lowest BCUT2D eigenvalue weighted by Gasteiger charge is -2.06. The van der Waals surface area contributed by atoms with Gasteiger partial charge in [0.05, 0.1) is 7.11 Å². The summed E-state index contributed by atoms with van der Waals surface area (Å²) in [6, 6.07) is 6.07. The van der Waals surface area contributed by atoms with Crippen LogP contribution in [0.1, 0.15) is 15.9 Å². The molecule has 0 saturated carbocycles. The Morgan fingerprint density at radius 3 is 2.89 bits per heavy atom. The number of benzene rings is 1. The van der Waals surface area contributed by atoms with Crippen LogP contribution in [0.5, 0.6) is 5.75 Å². The smallest absolute Gasteiger partial charge is 0.251 e. The van der Waals surface area contributed by atoms with E-state index in [9.17, 15) is 9.18 Å². The molecule has 1 heterocycles. The van der Waals surface area contributed by atoms with Crippen molar-refractivity contribution in [1.29, 1.82) is 0 Å². The van der Waals surface area contributed by atoms with Crippen LogP contribution in [-0.4, -0.2) is 13.0 Å². The number of hydrogen-bond acceptors (Lipinski definition) is 3. The zero-order valence-corrected chi connectivity index (χ0v) is 10.6. The third-order valence-electron chi connectivity index (χ3n) is 2.45. The van der Waals surface area contributed by atoms with Gasteiger partial charge in [0.15, 0.2) is 11.6 Å². The first-order valence-corrected chi connectivity index (χ1v) is 6.28. The first-order chi connectivity index (χ1) is 8.70. The van der Waals surface area contributed by atoms with Crippen LogP contribution in [0.4, 0.5) is 4.39 Å². The summed E-state index contributed by atoms with van der Waals surface area (Å²) in [4.78, 5) is 11.8. The molecule has 0 bridgehead atoms. The molecule has 1 aromatic carbocycles. The average molecular weight is 265 g/mol. The lowest BCUT2D eigenvalue weighted by molar-refractivity contribution is 0.0950. The molecular formula is C13H12FNO2S. The summed E-state index contributed by atoms with van der Waals surface area (Å²) in [7, 11) is 1.38. The maximum atomic E-state index is 13.4. The Bertz CT molecular complexity index is 540. The predicted molar refractivity (Wildman–Crippen MR) is 68.4 cm³/mol. The van der Waals surface area contributed by atoms with Gasteiger partial charge < -0.3 is 10.1 Å². The zero-order valence-electron chi connectivity index (χ0n) is 9.77. The van der Waals surface area contributed by atoms with Gasteiger partial charge in [-0.1, -0.05) is 0 Å². The highest BCUT2D eigenvalue weighted by Gasteiger charge is 2.09. The summed E-state index contributed by atoms with van der Waals surface area (Å²) >= 11 is 1.57. The van der Waals surface area contributed by atoms with E-state index in [0.717, 1.165) is 5.56 Å². The number of halogens is 1. The van der Waals surface area contributed by atoms with Crippen molar-refractivity contribution in [1.82, 2.24) is 5.32 Å². The molecule has 0 aliphatic carbocycles. The first kappa shape index (κ1) is 12.6. The summed E-state index contributed by atoms with van der Waals surface area (Å²) < 4.78 is 18.2. The topological polar surface area (TPSA) is 38.3 Å². The van der Waals surface area contributed by atoms with Gasteiger partial charge >= 0.3 is 0 Å². The third kappa shape index (κ3) is 2.87. The van der Waals surface area contributed by atoms with Crippen LogP contribution < -0.4 is 10.1 Å². The maximum absolute atomic E-state index is 13.4. The summed E-state index contributed by atoms with van der Waals surface area (Å²) in [6.45, 7) is 0.440. The summed E-state index contributed by atoms with van der Waals surface area (Å²) in [5.41, 5.74) is 1.31. The van der Waals surface area contributed by atoms with Crippen LogP contribution in [0.3, 0.4) is 0 Å². The van der Waals surface area contributed by atoms with Gasteiger partial charge in [0.1, 0.15) is 0 Å². The second kappa shape index (κ2) is 5.64. The quantitative estimate of drug-likeness (QED) is 0.923. The molecule has 0 saturated heterocycles. The number of carbonyl (C=O) groups excluding carboxylic acids is 1. The third-order valence-corrected chi connectivity index (χ3v) is 3.18. The molecule has 0 atom stereocenters. The number of ether oxygens (including phenoxy) is 1. The Hall–Kier alpha value is -1.88. The second-order valence-electron chi connectivity index (χ2n) is 3.66. The molecule has 3 nitrogen and oxygen atoms in total. The highest BCUT2D eigenvalue weighted by atomic mass is 32.1. The fraction of sp³-hybridized carbons (Fsp3) is 0.154. The van der Waals surface area contributed by atoms with E-state index in [1.54, 1.807) is 11.3 Å². The molecule has 0 radical (unpaired) electrons. The van der Waals surface area contributed by atoms with E-state index in [-0.39, 0.29) is 17.2 Å². The SMILES string of the molecule is COc1ccc(C(=O)NCc2ccsc2)cc1F. The molecule has 0 fully saturated rings. The minimum atomic E-state index is -0.541. The highest BCUT2D eigenvalue weighted by Crippen LogP contribution is 2.17. The second-order valence-corrected chi connectivity index (χ2v) is 4.44. The summed E-state index contributed by atoms with van der Waals surface area (Å²) in [5, 5.41) is 6.62. The van der Waals surface area contributed by atoms with E-state index in [4.69, 9.17) is 4.74 Å². The molecular weight excluding hydrogens is 253 g/mol. The van der Waals surface area contributed by atoms with Gasteiger partial charge in [0.2, 0.25) is 0 Å². The van der Waals surface area contributed by atoms with Crippen molar-refractivity contribution in [3.63, 3.8) is 0 Å². The molecule has 94 valence electrons. The molecule has 1 N–H and O–H groups in total. The minimum absolute atomic E-state index is 0.129. The normalized spacial score (nSPS) is 10.1. The Labute approximate surface area is 108 Å². The summed E-state index contributed by atoms with van der Waals surface area (Å²) in [6.07, 6.45) is 0. The van der Waals surface area contributed by atoms with Crippen LogP contribution in [0.25, 0.3) is 0 Å². The number of amides is 1. The standard InChI is InChI=1S/C13H12FNO2S/c1-17-12-3-2-10(6-11(12)14)13(16)15-7-9-4-5-18-8-9/h2-6,8H,7H2,1H3,(H,15,16). The number of rotatable bonds is 4. The van der Waals surface area contributed by atoms with Crippen molar-refractivity contribution in [3.05, 3.63) is 52.0 Å². The van der Waals surface area contributed by atoms with Gasteiger partial charge in [0, 0.05) is 12.1 Å². The van der Waals surface area contributed by atoms with Gasteiger partial charge in [-0.15, -0.1) is 0 Å². The molecule has 1 amide bonds. The molecule has 18 heavy (non-hydrogen) atoms. The number of carbonyl (C=O) groups is 1. The summed E-state index contributed by atoms with van der Waals surface area (Å²) in [5.74, 6) is -0.715. The van der Waals surface area contributed by atoms with Gasteiger partial charge in [-0.2, -0.15) is 11.3 Å².